The van der Waals surface area contributed by atoms with Crippen LogP contribution in [0.3, 0.4) is 0 Å². The second-order valence-electron chi connectivity index (χ2n) is 15.1. The highest BCUT2D eigenvalue weighted by molar-refractivity contribution is 5.76. The molecule has 33 heavy (non-hydrogen) atoms. The van der Waals surface area contributed by atoms with Gasteiger partial charge < -0.3 is 10.8 Å². The zero-order chi connectivity index (χ0) is 24.2. The van der Waals surface area contributed by atoms with E-state index in [0.717, 1.165) is 44.9 Å². The molecular weight excluding hydrogens is 406 g/mol. The molecule has 0 heterocycles. The van der Waals surface area contributed by atoms with E-state index < -0.39 is 11.4 Å². The van der Waals surface area contributed by atoms with Gasteiger partial charge in [0.15, 0.2) is 0 Å². The van der Waals surface area contributed by atoms with Crippen molar-refractivity contribution in [1.82, 2.24) is 0 Å². The molecule has 0 radical (unpaired) electrons. The summed E-state index contributed by atoms with van der Waals surface area (Å²) in [5.41, 5.74) is 8.79. The van der Waals surface area contributed by atoms with Crippen LogP contribution in [0.4, 0.5) is 0 Å². The van der Waals surface area contributed by atoms with Crippen molar-refractivity contribution in [3.05, 3.63) is 11.6 Å². The topological polar surface area (TPSA) is 63.3 Å². The molecule has 0 amide bonds. The van der Waals surface area contributed by atoms with Gasteiger partial charge in [0.1, 0.15) is 0 Å². The minimum atomic E-state index is -0.537. The van der Waals surface area contributed by atoms with Crippen molar-refractivity contribution in [1.29, 1.82) is 0 Å². The fourth-order valence-corrected chi connectivity index (χ4v) is 10.7. The molecule has 5 rings (SSSR count). The van der Waals surface area contributed by atoms with Gasteiger partial charge in [0.2, 0.25) is 0 Å². The highest BCUT2D eigenvalue weighted by atomic mass is 16.4. The van der Waals surface area contributed by atoms with E-state index >= 15 is 0 Å². The first-order valence-electron chi connectivity index (χ1n) is 13.8. The van der Waals surface area contributed by atoms with E-state index in [9.17, 15) is 9.90 Å². The summed E-state index contributed by atoms with van der Waals surface area (Å²) >= 11 is 0. The maximum atomic E-state index is 12.8. The van der Waals surface area contributed by atoms with E-state index in [2.05, 4.69) is 54.5 Å². The Morgan fingerprint density at radius 3 is 2.24 bits per heavy atom. The lowest BCUT2D eigenvalue weighted by atomic mass is 9.33. The average molecular weight is 456 g/mol. The first-order chi connectivity index (χ1) is 15.1. The lowest BCUT2D eigenvalue weighted by Crippen LogP contribution is -2.65. The fourth-order valence-electron chi connectivity index (χ4n) is 10.7. The number of carboxylic acids is 1. The van der Waals surface area contributed by atoms with Gasteiger partial charge in [-0.15, -0.1) is 0 Å². The first kappa shape index (κ1) is 23.9. The standard InChI is InChI=1S/C30H49NO2/c1-25(2)14-16-30(24(32)33)17-15-28(6)19(20(30)18-25)8-9-22-27(5)12-11-23(31)26(3,4)21(27)10-13-29(22,28)7/h8,20-23H,9-18,31H2,1-7H3,(H,32,33)/t20-,21-,22+,23?,27-,28+,29+,30-/m0/s1. The smallest absolute Gasteiger partial charge is 0.310 e. The number of nitrogens with two attached hydrogens (primary N) is 1. The molecule has 0 aromatic rings. The van der Waals surface area contributed by atoms with Crippen molar-refractivity contribution in [2.24, 2.45) is 56.0 Å². The molecule has 0 saturated heterocycles. The van der Waals surface area contributed by atoms with Gasteiger partial charge in [0.25, 0.3) is 0 Å². The summed E-state index contributed by atoms with van der Waals surface area (Å²) in [6.07, 6.45) is 13.4. The summed E-state index contributed by atoms with van der Waals surface area (Å²) in [5, 5.41) is 10.5. The molecule has 0 bridgehead atoms. The molecule has 5 aliphatic carbocycles. The zero-order valence-electron chi connectivity index (χ0n) is 22.4. The molecule has 186 valence electrons. The molecule has 4 saturated carbocycles. The molecule has 0 spiro atoms. The van der Waals surface area contributed by atoms with Crippen LogP contribution in [0.1, 0.15) is 113 Å². The van der Waals surface area contributed by atoms with Gasteiger partial charge in [0, 0.05) is 6.04 Å². The molecule has 0 aromatic heterocycles. The molecule has 0 aromatic carbocycles. The Bertz CT molecular complexity index is 888. The maximum Gasteiger partial charge on any atom is 0.310 e. The predicted molar refractivity (Wildman–Crippen MR) is 135 cm³/mol. The highest BCUT2D eigenvalue weighted by Gasteiger charge is 2.69. The van der Waals surface area contributed by atoms with Gasteiger partial charge in [-0.1, -0.05) is 60.1 Å². The molecule has 3 N–H and O–H groups in total. The van der Waals surface area contributed by atoms with Crippen LogP contribution in [0.2, 0.25) is 0 Å². The molecule has 3 nitrogen and oxygen atoms in total. The van der Waals surface area contributed by atoms with E-state index in [0.29, 0.717) is 23.3 Å². The number of hydrogen-bond acceptors (Lipinski definition) is 2. The van der Waals surface area contributed by atoms with Crippen molar-refractivity contribution >= 4 is 5.97 Å². The van der Waals surface area contributed by atoms with Crippen molar-refractivity contribution in [3.63, 3.8) is 0 Å². The van der Waals surface area contributed by atoms with Crippen molar-refractivity contribution in [3.8, 4) is 0 Å². The SMILES string of the molecule is CC1(C)CC[C@]2(C(=O)O)CC[C@]3(C)C(=CC[C@@H]4[C@@]5(C)CCC(N)C(C)(C)[C@@H]5CC[C@]43C)[C@@H]2C1. The molecule has 0 aliphatic heterocycles. The van der Waals surface area contributed by atoms with Gasteiger partial charge in [-0.25, -0.2) is 0 Å². The van der Waals surface area contributed by atoms with Gasteiger partial charge in [-0.05, 0) is 109 Å². The Morgan fingerprint density at radius 2 is 1.58 bits per heavy atom. The second kappa shape index (κ2) is 6.89. The van der Waals surface area contributed by atoms with Crippen LogP contribution in [-0.4, -0.2) is 17.1 Å². The third-order valence-electron chi connectivity index (χ3n) is 13.2. The number of fused-ring (bicyclic) bond motifs is 7. The van der Waals surface area contributed by atoms with Crippen molar-refractivity contribution < 1.29 is 9.90 Å². The van der Waals surface area contributed by atoms with Crippen molar-refractivity contribution in [2.75, 3.05) is 0 Å². The lowest BCUT2D eigenvalue weighted by Gasteiger charge is -2.71. The number of carbonyl (C=O) groups is 1. The second-order valence-corrected chi connectivity index (χ2v) is 15.1. The molecule has 5 aliphatic rings. The monoisotopic (exact) mass is 455 g/mol. The van der Waals surface area contributed by atoms with Gasteiger partial charge in [0.05, 0.1) is 5.41 Å². The highest BCUT2D eigenvalue weighted by Crippen LogP contribution is 2.75. The van der Waals surface area contributed by atoms with Crippen LogP contribution in [0.25, 0.3) is 0 Å². The van der Waals surface area contributed by atoms with Gasteiger partial charge in [-0.3, -0.25) is 4.79 Å². The average Bonchev–Trinajstić information content (AvgIpc) is 2.71. The molecule has 1 unspecified atom stereocenters. The Kier molecular flexibility index (Phi) is 4.99. The summed E-state index contributed by atoms with van der Waals surface area (Å²) in [6.45, 7) is 17.3. The lowest BCUT2D eigenvalue weighted by molar-refractivity contribution is -0.190. The van der Waals surface area contributed by atoms with E-state index in [1.54, 1.807) is 0 Å². The number of allylic oxidation sites excluding steroid dienone is 2. The maximum absolute atomic E-state index is 12.8. The summed E-state index contributed by atoms with van der Waals surface area (Å²) in [5.74, 6) is 1.02. The summed E-state index contributed by atoms with van der Waals surface area (Å²) in [6, 6.07) is 0.306. The number of carboxylic acid groups (broad SMARTS) is 1. The third-order valence-corrected chi connectivity index (χ3v) is 13.2. The Morgan fingerprint density at radius 1 is 0.909 bits per heavy atom. The third kappa shape index (κ3) is 2.87. The van der Waals surface area contributed by atoms with Crippen LogP contribution in [0, 0.1) is 50.2 Å². The van der Waals surface area contributed by atoms with E-state index in [1.165, 1.54) is 24.8 Å². The van der Waals surface area contributed by atoms with Crippen molar-refractivity contribution in [2.45, 2.75) is 119 Å². The molecule has 3 heteroatoms. The minimum Gasteiger partial charge on any atom is -0.481 e. The zero-order valence-corrected chi connectivity index (χ0v) is 22.4. The minimum absolute atomic E-state index is 0.116. The van der Waals surface area contributed by atoms with Crippen LogP contribution >= 0.6 is 0 Å². The molecule has 4 fully saturated rings. The number of rotatable bonds is 1. The number of hydrogen-bond donors (Lipinski definition) is 2. The van der Waals surface area contributed by atoms with Crippen LogP contribution in [-0.2, 0) is 4.79 Å². The number of aliphatic carboxylic acids is 1. The largest absolute Gasteiger partial charge is 0.481 e. The van der Waals surface area contributed by atoms with E-state index in [-0.39, 0.29) is 27.6 Å². The van der Waals surface area contributed by atoms with Gasteiger partial charge in [-0.2, -0.15) is 0 Å². The Hall–Kier alpha value is -0.830. The van der Waals surface area contributed by atoms with Crippen LogP contribution in [0.5, 0.6) is 0 Å². The molecule has 8 atom stereocenters. The van der Waals surface area contributed by atoms with E-state index in [1.807, 2.05) is 0 Å². The Labute approximate surface area is 202 Å². The normalized spacial score (nSPS) is 52.4. The first-order valence-corrected chi connectivity index (χ1v) is 13.8. The fraction of sp³-hybridized carbons (Fsp3) is 0.900. The van der Waals surface area contributed by atoms with Crippen LogP contribution < -0.4 is 5.73 Å². The quantitative estimate of drug-likeness (QED) is 0.411. The Balaban J connectivity index is 1.60. The summed E-state index contributed by atoms with van der Waals surface area (Å²) < 4.78 is 0. The van der Waals surface area contributed by atoms with E-state index in [4.69, 9.17) is 5.73 Å². The molecular formula is C30H49NO2. The summed E-state index contributed by atoms with van der Waals surface area (Å²) in [7, 11) is 0. The van der Waals surface area contributed by atoms with Gasteiger partial charge >= 0.3 is 5.97 Å². The summed E-state index contributed by atoms with van der Waals surface area (Å²) in [4.78, 5) is 12.8. The predicted octanol–water partition coefficient (Wildman–Crippen LogP) is 7.20. The van der Waals surface area contributed by atoms with Crippen LogP contribution in [0.15, 0.2) is 11.6 Å².